The number of hydrogen-bond acceptors (Lipinski definition) is 4. The molecule has 0 bridgehead atoms. The molecule has 0 aromatic carbocycles. The number of H-pyrrole nitrogens is 1. The summed E-state index contributed by atoms with van der Waals surface area (Å²) in [5.41, 5.74) is 9.09. The van der Waals surface area contributed by atoms with Crippen molar-refractivity contribution in [2.45, 2.75) is 45.1 Å². The molecule has 1 aliphatic rings. The second-order valence-corrected chi connectivity index (χ2v) is 7.15. The van der Waals surface area contributed by atoms with E-state index in [1.54, 1.807) is 0 Å². The minimum atomic E-state index is -0.0625. The molecule has 2 aromatic heterocycles. The molecule has 1 aliphatic carbocycles. The Hall–Kier alpha value is -1.72. The first kappa shape index (κ1) is 15.2. The fourth-order valence-electron chi connectivity index (χ4n) is 3.15. The highest BCUT2D eigenvalue weighted by molar-refractivity contribution is 7.20. The van der Waals surface area contributed by atoms with Gasteiger partial charge in [0, 0.05) is 16.8 Å². The van der Waals surface area contributed by atoms with Crippen LogP contribution in [0, 0.1) is 0 Å². The van der Waals surface area contributed by atoms with Crippen LogP contribution in [0.15, 0.2) is 29.1 Å². The fraction of sp³-hybridized carbons (Fsp3) is 0.412. The molecule has 4 nitrogen and oxygen atoms in total. The molecule has 0 saturated heterocycles. The van der Waals surface area contributed by atoms with Crippen molar-refractivity contribution < 1.29 is 0 Å². The number of fused-ring (bicyclic) bond motifs is 1. The highest BCUT2D eigenvalue weighted by atomic mass is 32.1. The summed E-state index contributed by atoms with van der Waals surface area (Å²) in [5.74, 6) is 0.909. The lowest BCUT2D eigenvalue weighted by atomic mass is 10.0. The van der Waals surface area contributed by atoms with Crippen LogP contribution in [0.1, 0.15) is 49.7 Å². The highest BCUT2D eigenvalue weighted by Crippen LogP contribution is 2.33. The van der Waals surface area contributed by atoms with Crippen molar-refractivity contribution in [3.63, 3.8) is 0 Å². The Labute approximate surface area is 133 Å². The Morgan fingerprint density at radius 2 is 2.27 bits per heavy atom. The van der Waals surface area contributed by atoms with Crippen molar-refractivity contribution in [2.75, 3.05) is 0 Å². The molecule has 0 aliphatic heterocycles. The number of nitrogens with one attached hydrogen (secondary N) is 1. The monoisotopic (exact) mass is 315 g/mol. The van der Waals surface area contributed by atoms with Crippen molar-refractivity contribution in [3.8, 4) is 0 Å². The molecule has 22 heavy (non-hydrogen) atoms. The molecule has 0 amide bonds. The van der Waals surface area contributed by atoms with Crippen LogP contribution in [0.4, 0.5) is 0 Å². The number of nitrogens with two attached hydrogens (primary N) is 1. The van der Waals surface area contributed by atoms with Crippen LogP contribution in [0.3, 0.4) is 0 Å². The van der Waals surface area contributed by atoms with Gasteiger partial charge in [0.2, 0.25) is 0 Å². The summed E-state index contributed by atoms with van der Waals surface area (Å²) in [4.78, 5) is 21.1. The van der Waals surface area contributed by atoms with Crippen molar-refractivity contribution in [1.82, 2.24) is 9.97 Å². The zero-order chi connectivity index (χ0) is 15.9. The van der Waals surface area contributed by atoms with Crippen LogP contribution in [0.5, 0.6) is 0 Å². The molecule has 0 radical (unpaired) electrons. The van der Waals surface area contributed by atoms with Crippen molar-refractivity contribution in [1.29, 1.82) is 0 Å². The van der Waals surface area contributed by atoms with E-state index in [4.69, 9.17) is 5.73 Å². The maximum Gasteiger partial charge on any atom is 0.268 e. The molecule has 1 saturated carbocycles. The topological polar surface area (TPSA) is 71.8 Å². The van der Waals surface area contributed by atoms with Gasteiger partial charge in [0.25, 0.3) is 5.56 Å². The average Bonchev–Trinajstić information content (AvgIpc) is 3.05. The number of allylic oxidation sites excluding steroid dienone is 3. The van der Waals surface area contributed by atoms with Gasteiger partial charge in [-0.05, 0) is 38.3 Å². The second-order valence-electron chi connectivity index (χ2n) is 6.10. The van der Waals surface area contributed by atoms with E-state index in [-0.39, 0.29) is 17.5 Å². The molecule has 1 fully saturated rings. The summed E-state index contributed by atoms with van der Waals surface area (Å²) >= 11 is 1.47. The van der Waals surface area contributed by atoms with Crippen LogP contribution in [-0.4, -0.2) is 16.0 Å². The average molecular weight is 315 g/mol. The van der Waals surface area contributed by atoms with Crippen LogP contribution in [0.25, 0.3) is 15.8 Å². The van der Waals surface area contributed by atoms with Crippen molar-refractivity contribution in [3.05, 3.63) is 45.3 Å². The quantitative estimate of drug-likeness (QED) is 0.851. The molecular weight excluding hydrogens is 294 g/mol. The summed E-state index contributed by atoms with van der Waals surface area (Å²) in [6, 6.07) is 2.09. The Kier molecular flexibility index (Phi) is 4.02. The third kappa shape index (κ3) is 2.55. The Morgan fingerprint density at radius 3 is 2.86 bits per heavy atom. The van der Waals surface area contributed by atoms with Crippen molar-refractivity contribution >= 4 is 27.1 Å². The van der Waals surface area contributed by atoms with E-state index in [1.807, 2.05) is 26.0 Å². The Morgan fingerprint density at radius 1 is 1.50 bits per heavy atom. The van der Waals surface area contributed by atoms with Gasteiger partial charge in [0.15, 0.2) is 0 Å². The van der Waals surface area contributed by atoms with Crippen molar-refractivity contribution in [2.24, 2.45) is 5.73 Å². The highest BCUT2D eigenvalue weighted by Gasteiger charge is 2.28. The number of nitrogens with zero attached hydrogens (tertiary/aromatic N) is 1. The minimum absolute atomic E-state index is 0.0625. The first-order valence-corrected chi connectivity index (χ1v) is 8.42. The molecule has 0 spiro atoms. The van der Waals surface area contributed by atoms with Gasteiger partial charge in [-0.15, -0.1) is 11.3 Å². The number of aromatic nitrogens is 2. The van der Waals surface area contributed by atoms with E-state index >= 15 is 0 Å². The number of thiophene rings is 1. The lowest BCUT2D eigenvalue weighted by Gasteiger charge is -2.13. The first-order chi connectivity index (χ1) is 10.5. The SMILES string of the molecule is C=CC(=C(C)C)c1cc2nc(C3CCCC3N)[nH]c(=O)c2s1. The number of rotatable bonds is 3. The van der Waals surface area contributed by atoms with Gasteiger partial charge < -0.3 is 10.7 Å². The molecule has 5 heteroatoms. The number of hydrogen-bond donors (Lipinski definition) is 2. The van der Waals surface area contributed by atoms with Crippen LogP contribution >= 0.6 is 11.3 Å². The van der Waals surface area contributed by atoms with Crippen LogP contribution < -0.4 is 11.3 Å². The van der Waals surface area contributed by atoms with E-state index in [9.17, 15) is 4.79 Å². The van der Waals surface area contributed by atoms with Gasteiger partial charge in [-0.3, -0.25) is 4.79 Å². The van der Waals surface area contributed by atoms with Crippen LogP contribution in [-0.2, 0) is 0 Å². The zero-order valence-electron chi connectivity index (χ0n) is 13.0. The molecule has 2 unspecified atom stereocenters. The number of aromatic amines is 1. The third-order valence-corrected chi connectivity index (χ3v) is 5.49. The summed E-state index contributed by atoms with van der Waals surface area (Å²) in [6.07, 6.45) is 4.93. The second kappa shape index (κ2) is 5.82. The lowest BCUT2D eigenvalue weighted by Crippen LogP contribution is -2.26. The molecule has 2 heterocycles. The molecule has 2 aromatic rings. The summed E-state index contributed by atoms with van der Waals surface area (Å²) in [5, 5.41) is 0. The fourth-order valence-corrected chi connectivity index (χ4v) is 4.29. The smallest absolute Gasteiger partial charge is 0.268 e. The van der Waals surface area contributed by atoms with Gasteiger partial charge in [0.1, 0.15) is 10.5 Å². The predicted molar refractivity (Wildman–Crippen MR) is 93.3 cm³/mol. The zero-order valence-corrected chi connectivity index (χ0v) is 13.8. The van der Waals surface area contributed by atoms with Gasteiger partial charge in [0.05, 0.1) is 5.52 Å². The Bertz CT molecular complexity index is 811. The molecule has 116 valence electrons. The minimum Gasteiger partial charge on any atom is -0.327 e. The van der Waals surface area contributed by atoms with E-state index in [0.717, 1.165) is 41.1 Å². The van der Waals surface area contributed by atoms with E-state index < -0.39 is 0 Å². The largest absolute Gasteiger partial charge is 0.327 e. The molecule has 3 N–H and O–H groups in total. The summed E-state index contributed by atoms with van der Waals surface area (Å²) in [6.45, 7) is 7.96. The molecular formula is C17H21N3OS. The van der Waals surface area contributed by atoms with Gasteiger partial charge in [-0.2, -0.15) is 0 Å². The van der Waals surface area contributed by atoms with E-state index in [0.29, 0.717) is 4.70 Å². The van der Waals surface area contributed by atoms with Crippen LogP contribution in [0.2, 0.25) is 0 Å². The summed E-state index contributed by atoms with van der Waals surface area (Å²) < 4.78 is 0.672. The third-order valence-electron chi connectivity index (χ3n) is 4.33. The Balaban J connectivity index is 2.13. The predicted octanol–water partition coefficient (Wildman–Crippen LogP) is 3.56. The molecule has 2 atom stereocenters. The first-order valence-electron chi connectivity index (χ1n) is 7.61. The van der Waals surface area contributed by atoms with Gasteiger partial charge in [-0.1, -0.05) is 24.6 Å². The van der Waals surface area contributed by atoms with Gasteiger partial charge >= 0.3 is 0 Å². The standard InChI is InChI=1S/C17H21N3OS/c1-4-10(9(2)3)14-8-13-15(22-14)17(21)20-16(19-13)11-6-5-7-12(11)18/h4,8,11-12H,1,5-7,18H2,2-3H3,(H,19,20,21). The lowest BCUT2D eigenvalue weighted by molar-refractivity contribution is 0.582. The van der Waals surface area contributed by atoms with E-state index in [1.165, 1.54) is 16.9 Å². The summed E-state index contributed by atoms with van der Waals surface area (Å²) in [7, 11) is 0. The normalized spacial score (nSPS) is 21.2. The van der Waals surface area contributed by atoms with Gasteiger partial charge in [-0.25, -0.2) is 4.98 Å². The maximum absolute atomic E-state index is 12.4. The maximum atomic E-state index is 12.4. The van der Waals surface area contributed by atoms with E-state index in [2.05, 4.69) is 16.5 Å². The molecule has 3 rings (SSSR count).